The number of pyridine rings is 1. The van der Waals surface area contributed by atoms with Gasteiger partial charge in [0, 0.05) is 23.1 Å². The number of ether oxygens (including phenoxy) is 2. The molecule has 27 heavy (non-hydrogen) atoms. The summed E-state index contributed by atoms with van der Waals surface area (Å²) in [5.41, 5.74) is 4.14. The first-order chi connectivity index (χ1) is 13.0. The maximum absolute atomic E-state index is 12.8. The number of aryl methyl sites for hydroxylation is 1. The van der Waals surface area contributed by atoms with Gasteiger partial charge in [0.25, 0.3) is 5.56 Å². The van der Waals surface area contributed by atoms with Gasteiger partial charge in [0.05, 0.1) is 19.7 Å². The lowest BCUT2D eigenvalue weighted by molar-refractivity contribution is 0.104. The summed E-state index contributed by atoms with van der Waals surface area (Å²) in [6.45, 7) is 1.95. The number of nitrogens with one attached hydrogen (secondary N) is 1. The molecule has 1 aliphatic carbocycles. The minimum Gasteiger partial charge on any atom is -0.493 e. The molecule has 2 aromatic carbocycles. The first kappa shape index (κ1) is 17.1. The second-order valence-electron chi connectivity index (χ2n) is 6.63. The molecule has 1 N–H and O–H groups in total. The van der Waals surface area contributed by atoms with Crippen molar-refractivity contribution in [2.75, 3.05) is 14.2 Å². The minimum atomic E-state index is -0.205. The Morgan fingerprint density at radius 3 is 2.52 bits per heavy atom. The molecule has 0 spiro atoms. The maximum Gasteiger partial charge on any atom is 0.255 e. The van der Waals surface area contributed by atoms with E-state index in [4.69, 9.17) is 9.47 Å². The monoisotopic (exact) mass is 361 g/mol. The molecule has 0 atom stereocenters. The van der Waals surface area contributed by atoms with Gasteiger partial charge in [0.2, 0.25) is 0 Å². The van der Waals surface area contributed by atoms with Crippen molar-refractivity contribution in [3.8, 4) is 11.5 Å². The van der Waals surface area contributed by atoms with Crippen LogP contribution in [0, 0.1) is 6.92 Å². The van der Waals surface area contributed by atoms with Crippen LogP contribution in [0.25, 0.3) is 17.0 Å². The van der Waals surface area contributed by atoms with Crippen molar-refractivity contribution in [3.63, 3.8) is 0 Å². The molecule has 1 aliphatic rings. The number of aromatic amines is 1. The van der Waals surface area contributed by atoms with Crippen LogP contribution >= 0.6 is 0 Å². The highest BCUT2D eigenvalue weighted by atomic mass is 16.5. The normalized spacial score (nSPS) is 14.6. The Kier molecular flexibility index (Phi) is 4.07. The predicted octanol–water partition coefficient (Wildman–Crippen LogP) is 3.68. The van der Waals surface area contributed by atoms with E-state index < -0.39 is 0 Å². The van der Waals surface area contributed by atoms with Crippen molar-refractivity contribution in [2.45, 2.75) is 13.3 Å². The van der Waals surface area contributed by atoms with Crippen LogP contribution < -0.4 is 15.0 Å². The molecular formula is C22H19NO4. The molecule has 1 heterocycles. The van der Waals surface area contributed by atoms with Crippen molar-refractivity contribution in [3.05, 3.63) is 74.6 Å². The maximum atomic E-state index is 12.8. The van der Waals surface area contributed by atoms with E-state index in [1.54, 1.807) is 19.3 Å². The van der Waals surface area contributed by atoms with E-state index in [0.717, 1.165) is 22.0 Å². The molecule has 0 radical (unpaired) electrons. The number of Topliss-reactive ketones (excluding diaryl/α,β-unsaturated/α-hetero) is 1. The zero-order valence-corrected chi connectivity index (χ0v) is 15.4. The molecule has 136 valence electrons. The summed E-state index contributed by atoms with van der Waals surface area (Å²) in [5.74, 6) is 1.02. The number of rotatable bonds is 3. The third-order valence-electron chi connectivity index (χ3n) is 4.97. The van der Waals surface area contributed by atoms with E-state index in [9.17, 15) is 9.59 Å². The predicted molar refractivity (Wildman–Crippen MR) is 105 cm³/mol. The van der Waals surface area contributed by atoms with Gasteiger partial charge in [-0.05, 0) is 47.7 Å². The largest absolute Gasteiger partial charge is 0.493 e. The van der Waals surface area contributed by atoms with E-state index >= 15 is 0 Å². The van der Waals surface area contributed by atoms with E-state index in [1.165, 1.54) is 7.11 Å². The van der Waals surface area contributed by atoms with Gasteiger partial charge in [-0.1, -0.05) is 18.2 Å². The van der Waals surface area contributed by atoms with Gasteiger partial charge >= 0.3 is 0 Å². The van der Waals surface area contributed by atoms with Crippen LogP contribution in [0.15, 0.2) is 46.8 Å². The number of H-pyrrole nitrogens is 1. The number of allylic oxidation sites excluding steroid dienone is 1. The third kappa shape index (κ3) is 2.81. The number of carbonyl (C=O) groups is 1. The number of ketones is 1. The summed E-state index contributed by atoms with van der Waals surface area (Å²) < 4.78 is 10.6. The number of hydrogen-bond donors (Lipinski definition) is 1. The average molecular weight is 361 g/mol. The van der Waals surface area contributed by atoms with Crippen molar-refractivity contribution in [1.82, 2.24) is 4.98 Å². The fourth-order valence-corrected chi connectivity index (χ4v) is 3.55. The van der Waals surface area contributed by atoms with Crippen molar-refractivity contribution >= 4 is 22.8 Å². The lowest BCUT2D eigenvalue weighted by atomic mass is 10.1. The number of methoxy groups -OCH3 is 2. The molecule has 5 heteroatoms. The highest BCUT2D eigenvalue weighted by Gasteiger charge is 2.27. The highest BCUT2D eigenvalue weighted by molar-refractivity contribution is 6.16. The van der Waals surface area contributed by atoms with E-state index in [2.05, 4.69) is 4.98 Å². The van der Waals surface area contributed by atoms with Gasteiger partial charge in [-0.25, -0.2) is 0 Å². The van der Waals surface area contributed by atoms with Crippen molar-refractivity contribution < 1.29 is 14.3 Å². The Morgan fingerprint density at radius 1 is 1.04 bits per heavy atom. The molecule has 0 fully saturated rings. The minimum absolute atomic E-state index is 0.0882. The molecule has 0 unspecified atom stereocenters. The van der Waals surface area contributed by atoms with Crippen LogP contribution in [0.1, 0.15) is 27.0 Å². The topological polar surface area (TPSA) is 68.4 Å². The number of fused-ring (bicyclic) bond motifs is 2. The summed E-state index contributed by atoms with van der Waals surface area (Å²) in [7, 11) is 3.10. The van der Waals surface area contributed by atoms with Gasteiger partial charge in [-0.2, -0.15) is 0 Å². The van der Waals surface area contributed by atoms with Crippen molar-refractivity contribution in [1.29, 1.82) is 0 Å². The zero-order chi connectivity index (χ0) is 19.1. The van der Waals surface area contributed by atoms with Crippen LogP contribution in [0.2, 0.25) is 0 Å². The van der Waals surface area contributed by atoms with Crippen molar-refractivity contribution in [2.24, 2.45) is 0 Å². The Balaban J connectivity index is 1.79. The molecule has 0 saturated heterocycles. The van der Waals surface area contributed by atoms with E-state index in [-0.39, 0.29) is 11.3 Å². The van der Waals surface area contributed by atoms with Crippen LogP contribution in [-0.4, -0.2) is 25.0 Å². The quantitative estimate of drug-likeness (QED) is 0.723. The van der Waals surface area contributed by atoms with E-state index in [1.807, 2.05) is 37.3 Å². The molecule has 0 saturated carbocycles. The number of carbonyl (C=O) groups excluding carboxylic acids is 1. The summed E-state index contributed by atoms with van der Waals surface area (Å²) in [6.07, 6.45) is 2.14. The summed E-state index contributed by atoms with van der Waals surface area (Å²) in [5, 5.41) is 0.938. The first-order valence-electron chi connectivity index (χ1n) is 8.64. The van der Waals surface area contributed by atoms with Crippen LogP contribution in [0.4, 0.5) is 0 Å². The number of benzene rings is 2. The lowest BCUT2D eigenvalue weighted by Gasteiger charge is -2.08. The average Bonchev–Trinajstić information content (AvgIpc) is 2.97. The molecule has 0 amide bonds. The van der Waals surface area contributed by atoms with Gasteiger partial charge in [0.1, 0.15) is 0 Å². The fraction of sp³-hybridized carbons (Fsp3) is 0.182. The molecule has 5 nitrogen and oxygen atoms in total. The Bertz CT molecular complexity index is 1170. The third-order valence-corrected chi connectivity index (χ3v) is 4.97. The molecular weight excluding hydrogens is 342 g/mol. The fourth-order valence-electron chi connectivity index (χ4n) is 3.55. The SMILES string of the molecule is COc1cc2c(cc1OC)C(=O)C(=Cc1cc3cccc(C)c3[nH]c1=O)C2. The Labute approximate surface area is 156 Å². The Morgan fingerprint density at radius 2 is 1.78 bits per heavy atom. The molecule has 0 bridgehead atoms. The van der Waals surface area contributed by atoms with Crippen LogP contribution in [0.3, 0.4) is 0 Å². The number of aromatic nitrogens is 1. The number of para-hydroxylation sites is 1. The highest BCUT2D eigenvalue weighted by Crippen LogP contribution is 2.36. The molecule has 1 aromatic heterocycles. The van der Waals surface area contributed by atoms with Gasteiger partial charge < -0.3 is 14.5 Å². The van der Waals surface area contributed by atoms with Crippen LogP contribution in [-0.2, 0) is 6.42 Å². The van der Waals surface area contributed by atoms with Gasteiger partial charge in [-0.3, -0.25) is 9.59 Å². The van der Waals surface area contributed by atoms with Gasteiger partial charge in [-0.15, -0.1) is 0 Å². The lowest BCUT2D eigenvalue weighted by Crippen LogP contribution is -2.10. The standard InChI is InChI=1S/C22H19NO4/c1-12-5-4-6-13-7-16(22(25)23-20(12)13)9-15-8-14-10-18(26-2)19(27-3)11-17(14)21(15)24/h4-7,9-11H,8H2,1-3H3,(H,23,25). The zero-order valence-electron chi connectivity index (χ0n) is 15.4. The molecule has 3 aromatic rings. The summed E-state index contributed by atoms with van der Waals surface area (Å²) in [4.78, 5) is 28.2. The second-order valence-corrected chi connectivity index (χ2v) is 6.63. The summed E-state index contributed by atoms with van der Waals surface area (Å²) >= 11 is 0. The second kappa shape index (κ2) is 6.43. The smallest absolute Gasteiger partial charge is 0.255 e. The first-order valence-corrected chi connectivity index (χ1v) is 8.64. The number of hydrogen-bond acceptors (Lipinski definition) is 4. The molecule has 4 rings (SSSR count). The van der Waals surface area contributed by atoms with Gasteiger partial charge in [0.15, 0.2) is 17.3 Å². The van der Waals surface area contributed by atoms with Crippen LogP contribution in [0.5, 0.6) is 11.5 Å². The summed E-state index contributed by atoms with van der Waals surface area (Å²) in [6, 6.07) is 11.2. The molecule has 0 aliphatic heterocycles. The Hall–Kier alpha value is -3.34. The van der Waals surface area contributed by atoms with E-state index in [0.29, 0.717) is 34.6 Å².